The summed E-state index contributed by atoms with van der Waals surface area (Å²) >= 11 is 0. The second-order valence-corrected chi connectivity index (χ2v) is 4.69. The van der Waals surface area contributed by atoms with Crippen LogP contribution in [-0.2, 0) is 0 Å². The third-order valence-corrected chi connectivity index (χ3v) is 3.58. The van der Waals surface area contributed by atoms with E-state index in [1.165, 1.54) is 12.8 Å². The SMILES string of the molecule is COc1cccc(OC2(CN)CCCC2)c1OC. The van der Waals surface area contributed by atoms with Gasteiger partial charge < -0.3 is 19.9 Å². The lowest BCUT2D eigenvalue weighted by molar-refractivity contribution is 0.0810. The predicted molar refractivity (Wildman–Crippen MR) is 70.4 cm³/mol. The van der Waals surface area contributed by atoms with Crippen molar-refractivity contribution < 1.29 is 14.2 Å². The number of hydrogen-bond donors (Lipinski definition) is 1. The van der Waals surface area contributed by atoms with Crippen molar-refractivity contribution in [2.75, 3.05) is 20.8 Å². The van der Waals surface area contributed by atoms with Crippen LogP contribution in [0.5, 0.6) is 17.2 Å². The van der Waals surface area contributed by atoms with Gasteiger partial charge in [0, 0.05) is 6.54 Å². The largest absolute Gasteiger partial charge is 0.493 e. The van der Waals surface area contributed by atoms with Crippen LogP contribution in [0, 0.1) is 0 Å². The second-order valence-electron chi connectivity index (χ2n) is 4.69. The first-order valence-corrected chi connectivity index (χ1v) is 6.35. The maximum absolute atomic E-state index is 6.15. The van der Waals surface area contributed by atoms with Crippen molar-refractivity contribution in [1.29, 1.82) is 0 Å². The van der Waals surface area contributed by atoms with Crippen molar-refractivity contribution in [3.63, 3.8) is 0 Å². The first-order valence-electron chi connectivity index (χ1n) is 6.35. The molecule has 2 rings (SSSR count). The van der Waals surface area contributed by atoms with Crippen LogP contribution in [0.1, 0.15) is 25.7 Å². The van der Waals surface area contributed by atoms with Gasteiger partial charge in [-0.3, -0.25) is 0 Å². The minimum atomic E-state index is -0.236. The lowest BCUT2D eigenvalue weighted by Gasteiger charge is -2.29. The second kappa shape index (κ2) is 5.48. The van der Waals surface area contributed by atoms with E-state index in [1.807, 2.05) is 18.2 Å². The average Bonchev–Trinajstić information content (AvgIpc) is 2.87. The standard InChI is InChI=1S/C14H21NO3/c1-16-11-6-5-7-12(13(11)17-2)18-14(10-15)8-3-4-9-14/h5-7H,3-4,8-10,15H2,1-2H3. The van der Waals surface area contributed by atoms with Crippen LogP contribution in [-0.4, -0.2) is 26.4 Å². The zero-order valence-corrected chi connectivity index (χ0v) is 11.1. The van der Waals surface area contributed by atoms with Crippen molar-refractivity contribution in [2.45, 2.75) is 31.3 Å². The van der Waals surface area contributed by atoms with Gasteiger partial charge in [-0.05, 0) is 37.8 Å². The fourth-order valence-corrected chi connectivity index (χ4v) is 2.54. The molecule has 2 N–H and O–H groups in total. The van der Waals surface area contributed by atoms with E-state index in [-0.39, 0.29) is 5.60 Å². The first-order chi connectivity index (χ1) is 8.74. The van der Waals surface area contributed by atoms with Crippen LogP contribution in [0.2, 0.25) is 0 Å². The Hall–Kier alpha value is -1.42. The van der Waals surface area contributed by atoms with Gasteiger partial charge in [0.05, 0.1) is 14.2 Å². The molecule has 4 nitrogen and oxygen atoms in total. The fraction of sp³-hybridized carbons (Fsp3) is 0.571. The first kappa shape index (κ1) is 13.0. The van der Waals surface area contributed by atoms with Gasteiger partial charge in [0.25, 0.3) is 0 Å². The van der Waals surface area contributed by atoms with Gasteiger partial charge in [-0.25, -0.2) is 0 Å². The Balaban J connectivity index is 2.27. The van der Waals surface area contributed by atoms with Gasteiger partial charge in [0.15, 0.2) is 11.5 Å². The molecule has 1 aromatic carbocycles. The van der Waals surface area contributed by atoms with Crippen molar-refractivity contribution >= 4 is 0 Å². The van der Waals surface area contributed by atoms with Crippen LogP contribution in [0.3, 0.4) is 0 Å². The molecular formula is C14H21NO3. The quantitative estimate of drug-likeness (QED) is 0.872. The summed E-state index contributed by atoms with van der Waals surface area (Å²) in [5.74, 6) is 2.03. The molecule has 1 aromatic rings. The van der Waals surface area contributed by atoms with E-state index >= 15 is 0 Å². The zero-order chi connectivity index (χ0) is 13.0. The summed E-state index contributed by atoms with van der Waals surface area (Å²) in [5.41, 5.74) is 5.65. The molecule has 18 heavy (non-hydrogen) atoms. The Labute approximate surface area is 108 Å². The molecule has 0 heterocycles. The summed E-state index contributed by atoms with van der Waals surface area (Å²) in [4.78, 5) is 0. The minimum absolute atomic E-state index is 0.236. The number of benzene rings is 1. The molecule has 1 aliphatic rings. The average molecular weight is 251 g/mol. The molecular weight excluding hydrogens is 230 g/mol. The van der Waals surface area contributed by atoms with Crippen LogP contribution in [0.15, 0.2) is 18.2 Å². The number of hydrogen-bond acceptors (Lipinski definition) is 4. The Kier molecular flexibility index (Phi) is 3.97. The zero-order valence-electron chi connectivity index (χ0n) is 11.1. The summed E-state index contributed by atoms with van der Waals surface area (Å²) in [6.45, 7) is 0.535. The normalized spacial score (nSPS) is 17.5. The number of ether oxygens (including phenoxy) is 3. The number of nitrogens with two attached hydrogens (primary N) is 1. The summed E-state index contributed by atoms with van der Waals surface area (Å²) in [6.07, 6.45) is 4.35. The molecule has 0 aliphatic heterocycles. The molecule has 0 radical (unpaired) electrons. The van der Waals surface area contributed by atoms with E-state index in [2.05, 4.69) is 0 Å². The summed E-state index contributed by atoms with van der Waals surface area (Å²) in [7, 11) is 3.24. The highest BCUT2D eigenvalue weighted by molar-refractivity contribution is 5.51. The number of methoxy groups -OCH3 is 2. The van der Waals surface area contributed by atoms with Crippen molar-refractivity contribution in [3.05, 3.63) is 18.2 Å². The lowest BCUT2D eigenvalue weighted by Crippen LogP contribution is -2.40. The highest BCUT2D eigenvalue weighted by Crippen LogP contribution is 2.41. The molecule has 0 aromatic heterocycles. The number of rotatable bonds is 5. The van der Waals surface area contributed by atoms with E-state index in [1.54, 1.807) is 14.2 Å². The third kappa shape index (κ3) is 2.38. The Morgan fingerprint density at radius 3 is 2.33 bits per heavy atom. The molecule has 1 saturated carbocycles. The molecule has 1 aliphatic carbocycles. The molecule has 0 atom stereocenters. The van der Waals surface area contributed by atoms with E-state index in [9.17, 15) is 0 Å². The van der Waals surface area contributed by atoms with E-state index in [0.29, 0.717) is 23.8 Å². The fourth-order valence-electron chi connectivity index (χ4n) is 2.54. The summed E-state index contributed by atoms with van der Waals surface area (Å²) < 4.78 is 16.8. The highest BCUT2D eigenvalue weighted by Gasteiger charge is 2.35. The van der Waals surface area contributed by atoms with E-state index < -0.39 is 0 Å². The lowest BCUT2D eigenvalue weighted by atomic mass is 10.0. The van der Waals surface area contributed by atoms with Crippen LogP contribution < -0.4 is 19.9 Å². The molecule has 1 fully saturated rings. The Bertz CT molecular complexity index is 400. The maximum Gasteiger partial charge on any atom is 0.203 e. The summed E-state index contributed by atoms with van der Waals surface area (Å²) in [6, 6.07) is 5.66. The van der Waals surface area contributed by atoms with E-state index in [0.717, 1.165) is 12.8 Å². The molecule has 100 valence electrons. The Morgan fingerprint density at radius 2 is 1.78 bits per heavy atom. The molecule has 0 spiro atoms. The van der Waals surface area contributed by atoms with Crippen LogP contribution >= 0.6 is 0 Å². The smallest absolute Gasteiger partial charge is 0.203 e. The molecule has 0 saturated heterocycles. The van der Waals surface area contributed by atoms with Gasteiger partial charge in [-0.1, -0.05) is 6.07 Å². The monoisotopic (exact) mass is 251 g/mol. The van der Waals surface area contributed by atoms with Gasteiger partial charge in [-0.15, -0.1) is 0 Å². The van der Waals surface area contributed by atoms with Crippen LogP contribution in [0.4, 0.5) is 0 Å². The van der Waals surface area contributed by atoms with E-state index in [4.69, 9.17) is 19.9 Å². The maximum atomic E-state index is 6.15. The number of para-hydroxylation sites is 1. The van der Waals surface area contributed by atoms with Gasteiger partial charge >= 0.3 is 0 Å². The van der Waals surface area contributed by atoms with Gasteiger partial charge in [0.2, 0.25) is 5.75 Å². The highest BCUT2D eigenvalue weighted by atomic mass is 16.5. The van der Waals surface area contributed by atoms with Crippen molar-refractivity contribution in [2.24, 2.45) is 5.73 Å². The summed E-state index contributed by atoms with van der Waals surface area (Å²) in [5, 5.41) is 0. The Morgan fingerprint density at radius 1 is 1.11 bits per heavy atom. The van der Waals surface area contributed by atoms with Crippen molar-refractivity contribution in [1.82, 2.24) is 0 Å². The molecule has 0 amide bonds. The minimum Gasteiger partial charge on any atom is -0.493 e. The van der Waals surface area contributed by atoms with Crippen LogP contribution in [0.25, 0.3) is 0 Å². The molecule has 0 bridgehead atoms. The molecule has 4 heteroatoms. The topological polar surface area (TPSA) is 53.7 Å². The predicted octanol–water partition coefficient (Wildman–Crippen LogP) is 2.35. The molecule has 0 unspecified atom stereocenters. The van der Waals surface area contributed by atoms with Gasteiger partial charge in [-0.2, -0.15) is 0 Å². The third-order valence-electron chi connectivity index (χ3n) is 3.58. The van der Waals surface area contributed by atoms with Gasteiger partial charge in [0.1, 0.15) is 5.60 Å². The van der Waals surface area contributed by atoms with Crippen molar-refractivity contribution in [3.8, 4) is 17.2 Å².